The van der Waals surface area contributed by atoms with Crippen molar-refractivity contribution in [1.82, 2.24) is 0 Å². The van der Waals surface area contributed by atoms with Crippen molar-refractivity contribution in [2.75, 3.05) is 0 Å². The molecule has 22 heavy (non-hydrogen) atoms. The summed E-state index contributed by atoms with van der Waals surface area (Å²) in [5, 5.41) is 10.6. The standard InChI is InChI=1S/C17H16Cl2O3/c1-10-8-13(6-7-14(10)18)22-16(17(20)21)9-12-4-3-5-15(19)11(12)2/h3-8,16H,9H2,1-2H3,(H,20,21)/t16-/m1/s1. The van der Waals surface area contributed by atoms with E-state index in [1.165, 1.54) is 0 Å². The first kappa shape index (κ1) is 16.7. The van der Waals surface area contributed by atoms with Crippen molar-refractivity contribution < 1.29 is 14.6 Å². The molecule has 5 heteroatoms. The minimum Gasteiger partial charge on any atom is -0.478 e. The number of hydrogen-bond acceptors (Lipinski definition) is 2. The van der Waals surface area contributed by atoms with Crippen LogP contribution >= 0.6 is 23.2 Å². The van der Waals surface area contributed by atoms with Gasteiger partial charge in [-0.05, 0) is 54.8 Å². The van der Waals surface area contributed by atoms with Crippen LogP contribution in [0.5, 0.6) is 5.75 Å². The zero-order valence-electron chi connectivity index (χ0n) is 12.3. The molecule has 0 aliphatic carbocycles. The lowest BCUT2D eigenvalue weighted by Gasteiger charge is -2.17. The molecule has 1 atom stereocenters. The van der Waals surface area contributed by atoms with Gasteiger partial charge >= 0.3 is 5.97 Å². The van der Waals surface area contributed by atoms with E-state index in [1.807, 2.05) is 19.9 Å². The van der Waals surface area contributed by atoms with Crippen LogP contribution < -0.4 is 4.74 Å². The Kier molecular flexibility index (Phi) is 5.33. The van der Waals surface area contributed by atoms with E-state index in [0.717, 1.165) is 16.7 Å². The average Bonchev–Trinajstić information content (AvgIpc) is 2.46. The second kappa shape index (κ2) is 7.03. The third-order valence-corrected chi connectivity index (χ3v) is 4.30. The van der Waals surface area contributed by atoms with Crippen LogP contribution in [0, 0.1) is 13.8 Å². The van der Waals surface area contributed by atoms with Gasteiger partial charge in [-0.15, -0.1) is 0 Å². The Balaban J connectivity index is 2.21. The van der Waals surface area contributed by atoms with Crippen LogP contribution in [0.1, 0.15) is 16.7 Å². The van der Waals surface area contributed by atoms with Crippen LogP contribution in [-0.2, 0) is 11.2 Å². The maximum absolute atomic E-state index is 11.5. The topological polar surface area (TPSA) is 46.5 Å². The van der Waals surface area contributed by atoms with E-state index in [9.17, 15) is 9.90 Å². The lowest BCUT2D eigenvalue weighted by molar-refractivity contribution is -0.145. The number of ether oxygens (including phenoxy) is 1. The molecule has 0 heterocycles. The normalized spacial score (nSPS) is 12.0. The molecule has 0 spiro atoms. The fraction of sp³-hybridized carbons (Fsp3) is 0.235. The summed E-state index contributed by atoms with van der Waals surface area (Å²) in [6, 6.07) is 10.5. The zero-order chi connectivity index (χ0) is 16.3. The molecule has 2 aromatic rings. The van der Waals surface area contributed by atoms with E-state index in [1.54, 1.807) is 30.3 Å². The number of hydrogen-bond donors (Lipinski definition) is 1. The second-order valence-electron chi connectivity index (χ2n) is 5.08. The monoisotopic (exact) mass is 338 g/mol. The van der Waals surface area contributed by atoms with Gasteiger partial charge in [-0.1, -0.05) is 35.3 Å². The highest BCUT2D eigenvalue weighted by Gasteiger charge is 2.21. The molecule has 0 amide bonds. The highest BCUT2D eigenvalue weighted by molar-refractivity contribution is 6.31. The third-order valence-electron chi connectivity index (χ3n) is 3.47. The van der Waals surface area contributed by atoms with Gasteiger partial charge in [0.2, 0.25) is 0 Å². The number of benzene rings is 2. The van der Waals surface area contributed by atoms with Crippen molar-refractivity contribution in [3.8, 4) is 5.75 Å². The molecule has 116 valence electrons. The Morgan fingerprint density at radius 2 is 1.91 bits per heavy atom. The fourth-order valence-corrected chi connectivity index (χ4v) is 2.42. The first-order valence-electron chi connectivity index (χ1n) is 6.78. The summed E-state index contributed by atoms with van der Waals surface area (Å²) in [5.74, 6) is -0.541. The Labute approximate surface area is 139 Å². The first-order chi connectivity index (χ1) is 10.4. The van der Waals surface area contributed by atoms with E-state index < -0.39 is 12.1 Å². The molecular weight excluding hydrogens is 323 g/mol. The molecule has 0 bridgehead atoms. The predicted octanol–water partition coefficient (Wildman–Crippen LogP) is 4.68. The van der Waals surface area contributed by atoms with Crippen LogP contribution in [0.3, 0.4) is 0 Å². The predicted molar refractivity (Wildman–Crippen MR) is 88.1 cm³/mol. The van der Waals surface area contributed by atoms with Crippen molar-refractivity contribution in [1.29, 1.82) is 0 Å². The van der Waals surface area contributed by atoms with Gasteiger partial charge in [-0.3, -0.25) is 0 Å². The van der Waals surface area contributed by atoms with Gasteiger partial charge in [0.25, 0.3) is 0 Å². The molecule has 0 radical (unpaired) electrons. The molecular formula is C17H16Cl2O3. The van der Waals surface area contributed by atoms with Gasteiger partial charge in [0, 0.05) is 16.5 Å². The molecule has 3 nitrogen and oxygen atoms in total. The Bertz CT molecular complexity index is 698. The number of carbonyl (C=O) groups is 1. The second-order valence-corrected chi connectivity index (χ2v) is 5.90. The first-order valence-corrected chi connectivity index (χ1v) is 7.53. The molecule has 0 saturated heterocycles. The highest BCUT2D eigenvalue weighted by Crippen LogP contribution is 2.24. The maximum Gasteiger partial charge on any atom is 0.345 e. The number of rotatable bonds is 5. The fourth-order valence-electron chi connectivity index (χ4n) is 2.11. The molecule has 0 fully saturated rings. The van der Waals surface area contributed by atoms with Gasteiger partial charge in [-0.25, -0.2) is 4.79 Å². The summed E-state index contributed by atoms with van der Waals surface area (Å²) in [4.78, 5) is 11.5. The molecule has 2 rings (SSSR count). The van der Waals surface area contributed by atoms with Crippen LogP contribution in [-0.4, -0.2) is 17.2 Å². The minimum absolute atomic E-state index is 0.239. The number of halogens is 2. The number of carboxylic acids is 1. The molecule has 1 N–H and O–H groups in total. The molecule has 0 unspecified atom stereocenters. The lowest BCUT2D eigenvalue weighted by Crippen LogP contribution is -2.29. The molecule has 0 saturated carbocycles. The Hall–Kier alpha value is -1.71. The number of aryl methyl sites for hydroxylation is 1. The van der Waals surface area contributed by atoms with Crippen LogP contribution in [0.25, 0.3) is 0 Å². The molecule has 0 aliphatic heterocycles. The minimum atomic E-state index is -1.02. The summed E-state index contributed by atoms with van der Waals surface area (Å²) in [6.45, 7) is 3.70. The number of aliphatic carboxylic acids is 1. The van der Waals surface area contributed by atoms with Crippen molar-refractivity contribution in [3.05, 3.63) is 63.1 Å². The SMILES string of the molecule is Cc1cc(O[C@H](Cc2cccc(Cl)c2C)C(=O)O)ccc1Cl. The van der Waals surface area contributed by atoms with Crippen LogP contribution in [0.4, 0.5) is 0 Å². The summed E-state index contributed by atoms with van der Waals surface area (Å²) in [6.07, 6.45) is -0.749. The van der Waals surface area contributed by atoms with E-state index in [4.69, 9.17) is 27.9 Å². The van der Waals surface area contributed by atoms with Gasteiger partial charge in [-0.2, -0.15) is 0 Å². The van der Waals surface area contributed by atoms with E-state index in [-0.39, 0.29) is 6.42 Å². The quantitative estimate of drug-likeness (QED) is 0.860. The van der Waals surface area contributed by atoms with Crippen molar-refractivity contribution in [2.45, 2.75) is 26.4 Å². The summed E-state index contributed by atoms with van der Waals surface area (Å²) >= 11 is 12.0. The number of carboxylic acid groups (broad SMARTS) is 1. The highest BCUT2D eigenvalue weighted by atomic mass is 35.5. The average molecular weight is 339 g/mol. The summed E-state index contributed by atoms with van der Waals surface area (Å²) in [7, 11) is 0. The van der Waals surface area contributed by atoms with Gasteiger partial charge < -0.3 is 9.84 Å². The maximum atomic E-state index is 11.5. The van der Waals surface area contributed by atoms with Gasteiger partial charge in [0.15, 0.2) is 6.10 Å². The Morgan fingerprint density at radius 3 is 2.55 bits per heavy atom. The zero-order valence-corrected chi connectivity index (χ0v) is 13.8. The Morgan fingerprint density at radius 1 is 1.18 bits per heavy atom. The lowest BCUT2D eigenvalue weighted by atomic mass is 10.0. The van der Waals surface area contributed by atoms with E-state index in [2.05, 4.69) is 0 Å². The van der Waals surface area contributed by atoms with Crippen molar-refractivity contribution in [3.63, 3.8) is 0 Å². The van der Waals surface area contributed by atoms with Crippen LogP contribution in [0.15, 0.2) is 36.4 Å². The van der Waals surface area contributed by atoms with Gasteiger partial charge in [0.1, 0.15) is 5.75 Å². The van der Waals surface area contributed by atoms with Gasteiger partial charge in [0.05, 0.1) is 0 Å². The molecule has 0 aliphatic rings. The van der Waals surface area contributed by atoms with E-state index >= 15 is 0 Å². The van der Waals surface area contributed by atoms with E-state index in [0.29, 0.717) is 15.8 Å². The summed E-state index contributed by atoms with van der Waals surface area (Å²) in [5.41, 5.74) is 2.55. The molecule has 2 aromatic carbocycles. The largest absolute Gasteiger partial charge is 0.478 e. The van der Waals surface area contributed by atoms with Crippen LogP contribution in [0.2, 0.25) is 10.0 Å². The van der Waals surface area contributed by atoms with Crippen molar-refractivity contribution >= 4 is 29.2 Å². The third kappa shape index (κ3) is 3.93. The smallest absolute Gasteiger partial charge is 0.345 e. The summed E-state index contributed by atoms with van der Waals surface area (Å²) < 4.78 is 5.61. The molecule has 0 aromatic heterocycles. The van der Waals surface area contributed by atoms with Crippen molar-refractivity contribution in [2.24, 2.45) is 0 Å².